The van der Waals surface area contributed by atoms with Crippen molar-refractivity contribution in [2.45, 2.75) is 34.2 Å². The third kappa shape index (κ3) is 3.10. The van der Waals surface area contributed by atoms with E-state index in [1.807, 2.05) is 52.0 Å². The number of nitrogens with zero attached hydrogens (tertiary/aromatic N) is 1. The number of hydrogen-bond acceptors (Lipinski definition) is 3. The van der Waals surface area contributed by atoms with E-state index in [0.29, 0.717) is 30.1 Å². The Bertz CT molecular complexity index is 659. The van der Waals surface area contributed by atoms with Gasteiger partial charge in [-0.25, -0.2) is 0 Å². The van der Waals surface area contributed by atoms with E-state index in [2.05, 4.69) is 0 Å². The number of benzene rings is 1. The summed E-state index contributed by atoms with van der Waals surface area (Å²) in [4.78, 5) is 14.6. The molecule has 0 fully saturated rings. The zero-order chi connectivity index (χ0) is 15.6. The smallest absolute Gasteiger partial charge is 0.257 e. The highest BCUT2D eigenvalue weighted by Crippen LogP contribution is 2.23. The number of hydrogen-bond donors (Lipinski definition) is 1. The summed E-state index contributed by atoms with van der Waals surface area (Å²) in [5.74, 6) is 1.49. The normalized spacial score (nSPS) is 10.7. The van der Waals surface area contributed by atoms with Gasteiger partial charge in [-0.05, 0) is 45.4 Å². The van der Waals surface area contributed by atoms with Gasteiger partial charge in [0, 0.05) is 24.3 Å². The molecule has 0 bridgehead atoms. The molecule has 1 heterocycles. The van der Waals surface area contributed by atoms with Crippen LogP contribution < -0.4 is 5.73 Å². The summed E-state index contributed by atoms with van der Waals surface area (Å²) in [5.41, 5.74) is 9.13. The number of anilines is 1. The predicted octanol–water partition coefficient (Wildman–Crippen LogP) is 3.45. The Morgan fingerprint density at radius 1 is 1.24 bits per heavy atom. The van der Waals surface area contributed by atoms with Crippen LogP contribution in [0.3, 0.4) is 0 Å². The molecule has 4 heteroatoms. The maximum atomic E-state index is 12.8. The first kappa shape index (κ1) is 15.2. The molecule has 0 aliphatic carbocycles. The highest BCUT2D eigenvalue weighted by Gasteiger charge is 2.23. The van der Waals surface area contributed by atoms with Gasteiger partial charge in [-0.2, -0.15) is 0 Å². The number of furan rings is 1. The molecule has 0 atom stereocenters. The third-order valence-corrected chi connectivity index (χ3v) is 3.77. The molecule has 1 aromatic carbocycles. The lowest BCUT2D eigenvalue weighted by molar-refractivity contribution is 0.0750. The lowest BCUT2D eigenvalue weighted by Crippen LogP contribution is -2.31. The van der Waals surface area contributed by atoms with Crippen LogP contribution in [0.1, 0.15) is 39.9 Å². The minimum Gasteiger partial charge on any atom is -0.466 e. The van der Waals surface area contributed by atoms with Crippen molar-refractivity contribution in [1.82, 2.24) is 4.90 Å². The largest absolute Gasteiger partial charge is 0.466 e. The monoisotopic (exact) mass is 286 g/mol. The fourth-order valence-corrected chi connectivity index (χ4v) is 2.51. The van der Waals surface area contributed by atoms with Crippen LogP contribution in [0.5, 0.6) is 0 Å². The van der Waals surface area contributed by atoms with Crippen LogP contribution in [0, 0.1) is 20.8 Å². The Morgan fingerprint density at radius 2 is 1.95 bits per heavy atom. The van der Waals surface area contributed by atoms with E-state index >= 15 is 0 Å². The van der Waals surface area contributed by atoms with Gasteiger partial charge in [0.15, 0.2) is 0 Å². The van der Waals surface area contributed by atoms with Crippen LogP contribution in [0.15, 0.2) is 28.7 Å². The first-order chi connectivity index (χ1) is 9.93. The van der Waals surface area contributed by atoms with Crippen molar-refractivity contribution in [2.75, 3.05) is 12.3 Å². The second-order valence-corrected chi connectivity index (χ2v) is 5.28. The zero-order valence-corrected chi connectivity index (χ0v) is 13.1. The van der Waals surface area contributed by atoms with E-state index in [1.54, 1.807) is 4.90 Å². The van der Waals surface area contributed by atoms with Crippen LogP contribution in [0.2, 0.25) is 0 Å². The standard InChI is InChI=1S/C17H22N2O2/c1-5-19(10-14-7-6-8-15(18)9-14)17(20)16-11(2)12(3)21-13(16)4/h6-9H,5,10,18H2,1-4H3. The molecule has 1 aromatic heterocycles. The SMILES string of the molecule is CCN(Cc1cccc(N)c1)C(=O)c1c(C)oc(C)c1C. The van der Waals surface area contributed by atoms with Gasteiger partial charge in [0.2, 0.25) is 0 Å². The van der Waals surface area contributed by atoms with E-state index in [4.69, 9.17) is 10.2 Å². The number of amides is 1. The molecule has 0 spiro atoms. The Hall–Kier alpha value is -2.23. The molecule has 2 rings (SSSR count). The maximum absolute atomic E-state index is 12.8. The summed E-state index contributed by atoms with van der Waals surface area (Å²) < 4.78 is 5.56. The number of nitrogens with two attached hydrogens (primary N) is 1. The molecule has 1 amide bonds. The summed E-state index contributed by atoms with van der Waals surface area (Å²) in [6.07, 6.45) is 0. The maximum Gasteiger partial charge on any atom is 0.257 e. The van der Waals surface area contributed by atoms with E-state index in [1.165, 1.54) is 0 Å². The van der Waals surface area contributed by atoms with Crippen LogP contribution in [-0.4, -0.2) is 17.4 Å². The number of carbonyl (C=O) groups excluding carboxylic acids is 1. The lowest BCUT2D eigenvalue weighted by Gasteiger charge is -2.21. The number of carbonyl (C=O) groups is 1. The molecule has 0 aliphatic rings. The zero-order valence-electron chi connectivity index (χ0n) is 13.1. The van der Waals surface area contributed by atoms with E-state index < -0.39 is 0 Å². The summed E-state index contributed by atoms with van der Waals surface area (Å²) in [5, 5.41) is 0. The highest BCUT2D eigenvalue weighted by molar-refractivity contribution is 5.96. The topological polar surface area (TPSA) is 59.5 Å². The van der Waals surface area contributed by atoms with Crippen LogP contribution in [0.4, 0.5) is 5.69 Å². The predicted molar refractivity (Wildman–Crippen MR) is 84.2 cm³/mol. The third-order valence-electron chi connectivity index (χ3n) is 3.77. The van der Waals surface area contributed by atoms with Gasteiger partial charge < -0.3 is 15.1 Å². The fourth-order valence-electron chi connectivity index (χ4n) is 2.51. The van der Waals surface area contributed by atoms with Gasteiger partial charge in [0.25, 0.3) is 5.91 Å². The highest BCUT2D eigenvalue weighted by atomic mass is 16.3. The molecular weight excluding hydrogens is 264 g/mol. The Labute approximate surface area is 125 Å². The van der Waals surface area contributed by atoms with Crippen molar-refractivity contribution in [3.63, 3.8) is 0 Å². The van der Waals surface area contributed by atoms with Gasteiger partial charge >= 0.3 is 0 Å². The molecule has 0 radical (unpaired) electrons. The van der Waals surface area contributed by atoms with Crippen LogP contribution in [0.25, 0.3) is 0 Å². The number of aryl methyl sites for hydroxylation is 2. The number of rotatable bonds is 4. The molecule has 4 nitrogen and oxygen atoms in total. The van der Waals surface area contributed by atoms with Crippen molar-refractivity contribution in [2.24, 2.45) is 0 Å². The van der Waals surface area contributed by atoms with Crippen LogP contribution in [-0.2, 0) is 6.54 Å². The van der Waals surface area contributed by atoms with Gasteiger partial charge in [-0.3, -0.25) is 4.79 Å². The van der Waals surface area contributed by atoms with Gasteiger partial charge in [-0.1, -0.05) is 12.1 Å². The first-order valence-electron chi connectivity index (χ1n) is 7.14. The minimum atomic E-state index is 0.00627. The quantitative estimate of drug-likeness (QED) is 0.876. The van der Waals surface area contributed by atoms with Gasteiger partial charge in [0.05, 0.1) is 5.56 Å². The van der Waals surface area contributed by atoms with E-state index in [9.17, 15) is 4.79 Å². The molecule has 0 unspecified atom stereocenters. The van der Waals surface area contributed by atoms with Crippen molar-refractivity contribution < 1.29 is 9.21 Å². The second-order valence-electron chi connectivity index (χ2n) is 5.28. The van der Waals surface area contributed by atoms with Crippen molar-refractivity contribution >= 4 is 11.6 Å². The molecular formula is C17H22N2O2. The molecule has 2 N–H and O–H groups in total. The van der Waals surface area contributed by atoms with Gasteiger partial charge in [-0.15, -0.1) is 0 Å². The van der Waals surface area contributed by atoms with Crippen molar-refractivity contribution in [3.8, 4) is 0 Å². The van der Waals surface area contributed by atoms with E-state index in [-0.39, 0.29) is 5.91 Å². The summed E-state index contributed by atoms with van der Waals surface area (Å²) in [6, 6.07) is 7.62. The average Bonchev–Trinajstić information content (AvgIpc) is 2.69. The average molecular weight is 286 g/mol. The van der Waals surface area contributed by atoms with Gasteiger partial charge in [0.1, 0.15) is 11.5 Å². The lowest BCUT2D eigenvalue weighted by atomic mass is 10.1. The Balaban J connectivity index is 2.27. The minimum absolute atomic E-state index is 0.00627. The second kappa shape index (κ2) is 6.04. The summed E-state index contributed by atoms with van der Waals surface area (Å²) in [7, 11) is 0. The molecule has 2 aromatic rings. The molecule has 112 valence electrons. The van der Waals surface area contributed by atoms with E-state index in [0.717, 1.165) is 16.9 Å². The molecule has 0 saturated carbocycles. The van der Waals surface area contributed by atoms with Crippen molar-refractivity contribution in [3.05, 3.63) is 52.5 Å². The fraction of sp³-hybridized carbons (Fsp3) is 0.353. The van der Waals surface area contributed by atoms with Crippen molar-refractivity contribution in [1.29, 1.82) is 0 Å². The number of nitrogen functional groups attached to an aromatic ring is 1. The summed E-state index contributed by atoms with van der Waals surface area (Å²) in [6.45, 7) is 8.80. The Kier molecular flexibility index (Phi) is 4.36. The Morgan fingerprint density at radius 3 is 2.48 bits per heavy atom. The van der Waals surface area contributed by atoms with Crippen LogP contribution >= 0.6 is 0 Å². The molecule has 21 heavy (non-hydrogen) atoms. The molecule has 0 saturated heterocycles. The summed E-state index contributed by atoms with van der Waals surface area (Å²) >= 11 is 0. The first-order valence-corrected chi connectivity index (χ1v) is 7.14. The molecule has 0 aliphatic heterocycles.